The Morgan fingerprint density at radius 3 is 2.25 bits per heavy atom. The Balaban J connectivity index is 2.09. The molecule has 0 bridgehead atoms. The van der Waals surface area contributed by atoms with Crippen molar-refractivity contribution in [3.05, 3.63) is 71.2 Å². The van der Waals surface area contributed by atoms with Crippen molar-refractivity contribution in [2.75, 3.05) is 0 Å². The number of thiophene rings is 1. The van der Waals surface area contributed by atoms with Gasteiger partial charge in [0.15, 0.2) is 6.29 Å². The van der Waals surface area contributed by atoms with Crippen molar-refractivity contribution >= 4 is 29.2 Å². The summed E-state index contributed by atoms with van der Waals surface area (Å²) in [6.45, 7) is 0. The monoisotopic (exact) mass is 298 g/mol. The summed E-state index contributed by atoms with van der Waals surface area (Å²) in [5.41, 5.74) is 2.87. The number of hydrogen-bond donors (Lipinski definition) is 0. The molecule has 1 nitrogen and oxygen atoms in total. The Hall–Kier alpha value is -1.90. The molecule has 0 saturated heterocycles. The first-order valence-electron chi connectivity index (χ1n) is 6.18. The van der Waals surface area contributed by atoms with E-state index < -0.39 is 0 Å². The molecule has 3 aromatic rings. The van der Waals surface area contributed by atoms with E-state index in [1.807, 2.05) is 60.7 Å². The van der Waals surface area contributed by atoms with E-state index in [4.69, 9.17) is 11.6 Å². The van der Waals surface area contributed by atoms with Crippen molar-refractivity contribution in [3.63, 3.8) is 0 Å². The zero-order chi connectivity index (χ0) is 13.9. The maximum atomic E-state index is 11.3. The van der Waals surface area contributed by atoms with E-state index in [2.05, 4.69) is 0 Å². The average molecular weight is 299 g/mol. The van der Waals surface area contributed by atoms with Crippen LogP contribution in [0.15, 0.2) is 60.7 Å². The van der Waals surface area contributed by atoms with Crippen molar-refractivity contribution in [2.45, 2.75) is 0 Å². The SMILES string of the molecule is O=Cc1cc(-c2ccc(Cl)cc2)sc1-c1ccccc1. The van der Waals surface area contributed by atoms with Crippen molar-refractivity contribution in [3.8, 4) is 20.9 Å². The molecule has 98 valence electrons. The highest BCUT2D eigenvalue weighted by Crippen LogP contribution is 2.37. The van der Waals surface area contributed by atoms with Gasteiger partial charge in [-0.15, -0.1) is 11.3 Å². The summed E-state index contributed by atoms with van der Waals surface area (Å²) >= 11 is 7.53. The van der Waals surface area contributed by atoms with Crippen LogP contribution in [-0.2, 0) is 0 Å². The number of hydrogen-bond acceptors (Lipinski definition) is 2. The second-order valence-electron chi connectivity index (χ2n) is 4.39. The van der Waals surface area contributed by atoms with Crippen LogP contribution in [0.1, 0.15) is 10.4 Å². The van der Waals surface area contributed by atoms with E-state index >= 15 is 0 Å². The lowest BCUT2D eigenvalue weighted by molar-refractivity contribution is 0.112. The predicted molar refractivity (Wildman–Crippen MR) is 85.6 cm³/mol. The summed E-state index contributed by atoms with van der Waals surface area (Å²) in [6.07, 6.45) is 0.915. The van der Waals surface area contributed by atoms with Crippen molar-refractivity contribution in [2.24, 2.45) is 0 Å². The van der Waals surface area contributed by atoms with E-state index in [1.54, 1.807) is 11.3 Å². The highest BCUT2D eigenvalue weighted by atomic mass is 35.5. The maximum absolute atomic E-state index is 11.3. The number of aldehydes is 1. The molecule has 0 aliphatic heterocycles. The van der Waals surface area contributed by atoms with E-state index in [0.29, 0.717) is 5.02 Å². The first-order chi connectivity index (χ1) is 9.78. The first kappa shape index (κ1) is 13.1. The number of rotatable bonds is 3. The third kappa shape index (κ3) is 2.53. The molecule has 0 spiro atoms. The summed E-state index contributed by atoms with van der Waals surface area (Å²) in [5.74, 6) is 0. The standard InChI is InChI=1S/C17H11ClOS/c18-15-8-6-12(7-9-15)16-10-14(11-19)17(20-16)13-4-2-1-3-5-13/h1-11H. The van der Waals surface area contributed by atoms with Gasteiger partial charge >= 0.3 is 0 Å². The molecule has 0 atom stereocenters. The molecule has 0 fully saturated rings. The largest absolute Gasteiger partial charge is 0.298 e. The number of halogens is 1. The van der Waals surface area contributed by atoms with E-state index in [9.17, 15) is 4.79 Å². The fourth-order valence-corrected chi connectivity index (χ4v) is 3.33. The van der Waals surface area contributed by atoms with E-state index in [1.165, 1.54) is 0 Å². The van der Waals surface area contributed by atoms with E-state index in [0.717, 1.165) is 32.7 Å². The van der Waals surface area contributed by atoms with Gasteiger partial charge in [0.1, 0.15) is 0 Å². The molecule has 0 saturated carbocycles. The summed E-state index contributed by atoms with van der Waals surface area (Å²) in [7, 11) is 0. The summed E-state index contributed by atoms with van der Waals surface area (Å²) < 4.78 is 0. The molecule has 0 amide bonds. The second kappa shape index (κ2) is 5.61. The molecule has 0 aliphatic rings. The Bertz CT molecular complexity index is 729. The van der Waals surface area contributed by atoms with Crippen molar-refractivity contribution in [1.29, 1.82) is 0 Å². The van der Waals surface area contributed by atoms with Crippen LogP contribution in [0, 0.1) is 0 Å². The summed E-state index contributed by atoms with van der Waals surface area (Å²) in [5, 5.41) is 0.712. The van der Waals surface area contributed by atoms with Gasteiger partial charge in [0.2, 0.25) is 0 Å². The quantitative estimate of drug-likeness (QED) is 0.580. The van der Waals surface area contributed by atoms with Crippen LogP contribution in [-0.4, -0.2) is 6.29 Å². The Morgan fingerprint density at radius 1 is 0.900 bits per heavy atom. The molecule has 1 aromatic heterocycles. The van der Waals surface area contributed by atoms with Gasteiger partial charge in [-0.3, -0.25) is 4.79 Å². The molecule has 0 N–H and O–H groups in total. The lowest BCUT2D eigenvalue weighted by atomic mass is 10.1. The van der Waals surface area contributed by atoms with Crippen molar-refractivity contribution < 1.29 is 4.79 Å². The summed E-state index contributed by atoms with van der Waals surface area (Å²) in [6, 6.07) is 19.6. The lowest BCUT2D eigenvalue weighted by Gasteiger charge is -1.98. The third-order valence-corrected chi connectivity index (χ3v) is 4.55. The zero-order valence-corrected chi connectivity index (χ0v) is 12.1. The number of carbonyl (C=O) groups is 1. The van der Waals surface area contributed by atoms with Crippen molar-refractivity contribution in [1.82, 2.24) is 0 Å². The number of benzene rings is 2. The highest BCUT2D eigenvalue weighted by Gasteiger charge is 2.11. The molecule has 2 aromatic carbocycles. The molecule has 0 aliphatic carbocycles. The van der Waals surface area contributed by atoms with Crippen LogP contribution < -0.4 is 0 Å². The molecule has 1 heterocycles. The molecule has 0 unspecified atom stereocenters. The predicted octanol–water partition coefficient (Wildman–Crippen LogP) is 5.55. The van der Waals surface area contributed by atoms with E-state index in [-0.39, 0.29) is 0 Å². The van der Waals surface area contributed by atoms with Gasteiger partial charge < -0.3 is 0 Å². The highest BCUT2D eigenvalue weighted by molar-refractivity contribution is 7.19. The van der Waals surface area contributed by atoms with Crippen LogP contribution in [0.5, 0.6) is 0 Å². The minimum atomic E-state index is 0.712. The normalized spacial score (nSPS) is 10.4. The Labute approximate surface area is 126 Å². The van der Waals surface area contributed by atoms with Crippen LogP contribution in [0.3, 0.4) is 0 Å². The van der Waals surface area contributed by atoms with Gasteiger partial charge in [0.05, 0.1) is 0 Å². The van der Waals surface area contributed by atoms with Gasteiger partial charge in [-0.1, -0.05) is 54.1 Å². The molecule has 3 heteroatoms. The van der Waals surface area contributed by atoms with Crippen LogP contribution in [0.2, 0.25) is 5.02 Å². The van der Waals surface area contributed by atoms with Crippen LogP contribution >= 0.6 is 22.9 Å². The third-order valence-electron chi connectivity index (χ3n) is 3.05. The molecule has 20 heavy (non-hydrogen) atoms. The second-order valence-corrected chi connectivity index (χ2v) is 5.87. The fraction of sp³-hybridized carbons (Fsp3) is 0. The smallest absolute Gasteiger partial charge is 0.151 e. The average Bonchev–Trinajstić information content (AvgIpc) is 2.93. The van der Waals surface area contributed by atoms with Gasteiger partial charge in [0.25, 0.3) is 0 Å². The van der Waals surface area contributed by atoms with Crippen LogP contribution in [0.4, 0.5) is 0 Å². The Kier molecular flexibility index (Phi) is 3.68. The van der Waals surface area contributed by atoms with Crippen LogP contribution in [0.25, 0.3) is 20.9 Å². The molecular formula is C17H11ClOS. The van der Waals surface area contributed by atoms with Gasteiger partial charge in [-0.05, 0) is 29.3 Å². The Morgan fingerprint density at radius 2 is 1.60 bits per heavy atom. The zero-order valence-electron chi connectivity index (χ0n) is 10.5. The minimum Gasteiger partial charge on any atom is -0.298 e. The van der Waals surface area contributed by atoms with Gasteiger partial charge in [-0.25, -0.2) is 0 Å². The van der Waals surface area contributed by atoms with Gasteiger partial charge in [-0.2, -0.15) is 0 Å². The fourth-order valence-electron chi connectivity index (χ4n) is 2.06. The minimum absolute atomic E-state index is 0.712. The molecule has 3 rings (SSSR count). The molecular weight excluding hydrogens is 288 g/mol. The first-order valence-corrected chi connectivity index (χ1v) is 7.38. The van der Waals surface area contributed by atoms with Gasteiger partial charge in [0, 0.05) is 20.3 Å². The summed E-state index contributed by atoms with van der Waals surface area (Å²) in [4.78, 5) is 13.4. The topological polar surface area (TPSA) is 17.1 Å². The number of carbonyl (C=O) groups excluding carboxylic acids is 1. The molecule has 0 radical (unpaired) electrons. The maximum Gasteiger partial charge on any atom is 0.151 e. The lowest BCUT2D eigenvalue weighted by Crippen LogP contribution is -1.78.